The highest BCUT2D eigenvalue weighted by atomic mass is 16.1. The van der Waals surface area contributed by atoms with Gasteiger partial charge in [0.15, 0.2) is 5.78 Å². The molecule has 0 aliphatic heterocycles. The Morgan fingerprint density at radius 3 is 2.28 bits per heavy atom. The molecule has 2 aromatic carbocycles. The molecule has 0 radical (unpaired) electrons. The van der Waals surface area contributed by atoms with Crippen LogP contribution >= 0.6 is 0 Å². The van der Waals surface area contributed by atoms with Gasteiger partial charge in [-0.2, -0.15) is 5.10 Å². The Bertz CT molecular complexity index is 1260. The van der Waals surface area contributed by atoms with Crippen molar-refractivity contribution >= 4 is 16.7 Å². The Balaban J connectivity index is 0.00000127. The molecule has 2 aromatic heterocycles. The van der Waals surface area contributed by atoms with Crippen molar-refractivity contribution in [3.63, 3.8) is 0 Å². The number of nitrogens with one attached hydrogen (secondary N) is 2. The molecule has 210 valence electrons. The van der Waals surface area contributed by atoms with E-state index in [4.69, 9.17) is 0 Å². The second kappa shape index (κ2) is 15.9. The quantitative estimate of drug-likeness (QED) is 0.194. The molecule has 5 heteroatoms. The molecular weight excluding hydrogens is 480 g/mol. The van der Waals surface area contributed by atoms with Crippen molar-refractivity contribution in [3.8, 4) is 0 Å². The molecule has 0 fully saturated rings. The van der Waals surface area contributed by atoms with E-state index in [1.807, 2.05) is 46.0 Å². The van der Waals surface area contributed by atoms with Crippen molar-refractivity contribution in [3.05, 3.63) is 94.9 Å². The summed E-state index contributed by atoms with van der Waals surface area (Å²) in [6, 6.07) is 19.0. The zero-order chi connectivity index (χ0) is 28.8. The highest BCUT2D eigenvalue weighted by Crippen LogP contribution is 2.20. The van der Waals surface area contributed by atoms with Crippen LogP contribution in [-0.4, -0.2) is 33.0 Å². The molecule has 0 bridgehead atoms. The van der Waals surface area contributed by atoms with Gasteiger partial charge in [0.1, 0.15) is 0 Å². The molecule has 39 heavy (non-hydrogen) atoms. The Morgan fingerprint density at radius 1 is 0.949 bits per heavy atom. The number of carbonyl (C=O) groups is 1. The van der Waals surface area contributed by atoms with E-state index in [1.54, 1.807) is 13.1 Å². The van der Waals surface area contributed by atoms with E-state index in [-0.39, 0.29) is 11.3 Å². The molecule has 2 heterocycles. The summed E-state index contributed by atoms with van der Waals surface area (Å²) in [4.78, 5) is 15.9. The summed E-state index contributed by atoms with van der Waals surface area (Å²) < 4.78 is 0. The van der Waals surface area contributed by atoms with Gasteiger partial charge in [-0.15, -0.1) is 0 Å². The molecule has 0 amide bonds. The van der Waals surface area contributed by atoms with Gasteiger partial charge in [-0.3, -0.25) is 14.9 Å². The molecule has 0 aliphatic carbocycles. The van der Waals surface area contributed by atoms with Gasteiger partial charge in [0, 0.05) is 34.8 Å². The van der Waals surface area contributed by atoms with Gasteiger partial charge in [0.05, 0.1) is 11.7 Å². The van der Waals surface area contributed by atoms with Crippen molar-refractivity contribution in [1.29, 1.82) is 0 Å². The molecule has 0 saturated carbocycles. The van der Waals surface area contributed by atoms with Crippen molar-refractivity contribution in [2.24, 2.45) is 5.92 Å². The zero-order valence-electron chi connectivity index (χ0n) is 25.3. The largest absolute Gasteiger partial charge is 0.311 e. The lowest BCUT2D eigenvalue weighted by Gasteiger charge is -2.28. The average Bonchev–Trinajstić information content (AvgIpc) is 3.44. The monoisotopic (exact) mass is 528 g/mol. The van der Waals surface area contributed by atoms with Crippen LogP contribution in [0.25, 0.3) is 10.9 Å². The van der Waals surface area contributed by atoms with Gasteiger partial charge < -0.3 is 5.32 Å². The molecule has 0 aliphatic rings. The van der Waals surface area contributed by atoms with E-state index < -0.39 is 0 Å². The number of H-pyrrole nitrogens is 1. The first-order valence-electron chi connectivity index (χ1n) is 14.5. The number of fused-ring (bicyclic) bond motifs is 1. The number of aromatic amines is 1. The smallest absolute Gasteiger partial charge is 0.161 e. The van der Waals surface area contributed by atoms with E-state index in [0.717, 1.165) is 43.4 Å². The van der Waals surface area contributed by atoms with Crippen LogP contribution in [0, 0.1) is 5.92 Å². The third-order valence-corrected chi connectivity index (χ3v) is 6.70. The van der Waals surface area contributed by atoms with Gasteiger partial charge in [-0.25, -0.2) is 0 Å². The standard InChI is InChI=1S/C30H36N4O.2C2H6/c1-21(8-13-25-6-5-7-29-28(25)20-33-34-29)18-32-30(3,4)17-24-11-9-23(10-12-24)16-27-15-14-26(19-31-27)22(2)35;2*1-2/h5-7,9-12,14-15,19-21,32H,8,13,16-18H2,1-4H3,(H,33,34);2*1-2H3. The average molecular weight is 529 g/mol. The van der Waals surface area contributed by atoms with Gasteiger partial charge in [-0.05, 0) is 87.4 Å². The van der Waals surface area contributed by atoms with Crippen LogP contribution in [0.5, 0.6) is 0 Å². The second-order valence-electron chi connectivity index (χ2n) is 10.4. The van der Waals surface area contributed by atoms with Crippen molar-refractivity contribution in [2.45, 2.75) is 86.6 Å². The number of aromatic nitrogens is 3. The Hall–Kier alpha value is -3.31. The first-order chi connectivity index (χ1) is 18.8. The minimum Gasteiger partial charge on any atom is -0.311 e. The van der Waals surface area contributed by atoms with E-state index >= 15 is 0 Å². The van der Waals surface area contributed by atoms with Crippen LogP contribution in [-0.2, 0) is 19.3 Å². The SMILES string of the molecule is CC.CC.CC(=O)c1ccc(Cc2ccc(CC(C)(C)NCC(C)CCc3cccc4[nH]ncc34)cc2)nc1. The maximum Gasteiger partial charge on any atom is 0.161 e. The summed E-state index contributed by atoms with van der Waals surface area (Å²) in [5.74, 6) is 0.631. The van der Waals surface area contributed by atoms with Gasteiger partial charge in [-0.1, -0.05) is 71.0 Å². The molecule has 1 atom stereocenters. The minimum absolute atomic E-state index is 0.0183. The summed E-state index contributed by atoms with van der Waals surface area (Å²) in [5.41, 5.74) is 6.68. The van der Waals surface area contributed by atoms with Crippen LogP contribution in [0.2, 0.25) is 0 Å². The summed E-state index contributed by atoms with van der Waals surface area (Å²) in [6.07, 6.45) is 7.54. The van der Waals surface area contributed by atoms with Crippen LogP contribution in [0.4, 0.5) is 0 Å². The lowest BCUT2D eigenvalue weighted by molar-refractivity contribution is 0.101. The van der Waals surface area contributed by atoms with Crippen molar-refractivity contribution in [2.75, 3.05) is 6.54 Å². The minimum atomic E-state index is 0.0183. The number of benzene rings is 2. The number of aryl methyl sites for hydroxylation is 1. The maximum atomic E-state index is 11.4. The third kappa shape index (κ3) is 10.1. The molecular formula is C34H48N4O. The predicted molar refractivity (Wildman–Crippen MR) is 166 cm³/mol. The fourth-order valence-electron chi connectivity index (χ4n) is 4.50. The summed E-state index contributed by atoms with van der Waals surface area (Å²) >= 11 is 0. The van der Waals surface area contributed by atoms with Gasteiger partial charge in [0.2, 0.25) is 0 Å². The van der Waals surface area contributed by atoms with Crippen LogP contribution < -0.4 is 5.32 Å². The molecule has 5 nitrogen and oxygen atoms in total. The molecule has 0 spiro atoms. The topological polar surface area (TPSA) is 70.7 Å². The van der Waals surface area contributed by atoms with E-state index in [1.165, 1.54) is 22.1 Å². The molecule has 0 saturated heterocycles. The van der Waals surface area contributed by atoms with Crippen LogP contribution in [0.1, 0.15) is 94.6 Å². The lowest BCUT2D eigenvalue weighted by Crippen LogP contribution is -2.43. The maximum absolute atomic E-state index is 11.4. The van der Waals surface area contributed by atoms with Crippen molar-refractivity contribution < 1.29 is 4.79 Å². The first-order valence-corrected chi connectivity index (χ1v) is 14.5. The van der Waals surface area contributed by atoms with Gasteiger partial charge >= 0.3 is 0 Å². The van der Waals surface area contributed by atoms with Crippen LogP contribution in [0.3, 0.4) is 0 Å². The number of rotatable bonds is 11. The highest BCUT2D eigenvalue weighted by molar-refractivity contribution is 5.93. The normalized spacial score (nSPS) is 11.7. The van der Waals surface area contributed by atoms with E-state index in [9.17, 15) is 4.79 Å². The van der Waals surface area contributed by atoms with E-state index in [0.29, 0.717) is 11.5 Å². The molecule has 1 unspecified atom stereocenters. The highest BCUT2D eigenvalue weighted by Gasteiger charge is 2.19. The number of nitrogens with zero attached hydrogens (tertiary/aromatic N) is 2. The van der Waals surface area contributed by atoms with Gasteiger partial charge in [0.25, 0.3) is 0 Å². The molecule has 2 N–H and O–H groups in total. The summed E-state index contributed by atoms with van der Waals surface area (Å²) in [5, 5.41) is 12.3. The number of carbonyl (C=O) groups excluding carboxylic acids is 1. The number of Topliss-reactive ketones (excluding diaryl/α,β-unsaturated/α-hetero) is 1. The number of hydrogen-bond donors (Lipinski definition) is 2. The molecule has 4 aromatic rings. The third-order valence-electron chi connectivity index (χ3n) is 6.70. The Kier molecular flexibility index (Phi) is 13.0. The molecule has 4 rings (SSSR count). The first kappa shape index (κ1) is 31.9. The zero-order valence-corrected chi connectivity index (χ0v) is 25.3. The number of hydrogen-bond acceptors (Lipinski definition) is 4. The Labute approximate surface area is 235 Å². The summed E-state index contributed by atoms with van der Waals surface area (Å²) in [6.45, 7) is 17.4. The number of pyridine rings is 1. The van der Waals surface area contributed by atoms with E-state index in [2.05, 4.69) is 83.7 Å². The number of ketones is 1. The fraction of sp³-hybridized carbons (Fsp3) is 0.441. The lowest BCUT2D eigenvalue weighted by atomic mass is 9.92. The van der Waals surface area contributed by atoms with Crippen LogP contribution in [0.15, 0.2) is 67.0 Å². The predicted octanol–water partition coefficient (Wildman–Crippen LogP) is 7.98. The fourth-order valence-corrected chi connectivity index (χ4v) is 4.50. The summed E-state index contributed by atoms with van der Waals surface area (Å²) in [7, 11) is 0. The Morgan fingerprint density at radius 2 is 1.64 bits per heavy atom. The second-order valence-corrected chi connectivity index (χ2v) is 10.4. The van der Waals surface area contributed by atoms with Crippen molar-refractivity contribution in [1.82, 2.24) is 20.5 Å².